The highest BCUT2D eigenvalue weighted by Crippen LogP contribution is 2.18. The highest BCUT2D eigenvalue weighted by atomic mass is 32.2. The molecule has 1 aromatic carbocycles. The number of nitrogens with zero attached hydrogens (tertiary/aromatic N) is 1. The van der Waals surface area contributed by atoms with Gasteiger partial charge in [0.15, 0.2) is 0 Å². The van der Waals surface area contributed by atoms with Crippen molar-refractivity contribution in [1.29, 1.82) is 0 Å². The quantitative estimate of drug-likeness (QED) is 0.789. The third kappa shape index (κ3) is 5.14. The van der Waals surface area contributed by atoms with E-state index >= 15 is 0 Å². The van der Waals surface area contributed by atoms with Gasteiger partial charge in [-0.05, 0) is 38.1 Å². The first kappa shape index (κ1) is 17.7. The Morgan fingerprint density at radius 2 is 1.81 bits per heavy atom. The van der Waals surface area contributed by atoms with E-state index < -0.39 is 15.6 Å². The molecule has 0 aliphatic rings. The Hall–Kier alpha value is -1.39. The van der Waals surface area contributed by atoms with Gasteiger partial charge in [-0.25, -0.2) is 8.42 Å². The second-order valence-electron chi connectivity index (χ2n) is 5.23. The van der Waals surface area contributed by atoms with Crippen LogP contribution in [0.1, 0.15) is 26.3 Å². The van der Waals surface area contributed by atoms with Crippen LogP contribution in [-0.4, -0.2) is 48.2 Å². The van der Waals surface area contributed by atoms with Gasteiger partial charge in [0, 0.05) is 18.7 Å². The number of hydrogen-bond acceptors (Lipinski definition) is 4. The van der Waals surface area contributed by atoms with Crippen molar-refractivity contribution in [2.75, 3.05) is 19.7 Å². The summed E-state index contributed by atoms with van der Waals surface area (Å²) in [6, 6.07) is 6.13. The zero-order valence-electron chi connectivity index (χ0n) is 12.5. The van der Waals surface area contributed by atoms with Crippen LogP contribution in [0.2, 0.25) is 0 Å². The second-order valence-corrected chi connectivity index (χ2v) is 7.17. The average Bonchev–Trinajstić information content (AvgIpc) is 2.41. The van der Waals surface area contributed by atoms with Gasteiger partial charge >= 0.3 is 0 Å². The van der Waals surface area contributed by atoms with E-state index in [1.807, 2.05) is 0 Å². The summed E-state index contributed by atoms with van der Waals surface area (Å²) >= 11 is 0. The highest BCUT2D eigenvalue weighted by Gasteiger charge is 2.28. The monoisotopic (exact) mass is 311 g/mol. The topological polar surface area (TPSA) is 77.8 Å². The van der Waals surface area contributed by atoms with Crippen molar-refractivity contribution in [3.63, 3.8) is 0 Å². The van der Waals surface area contributed by atoms with Crippen molar-refractivity contribution in [1.82, 2.24) is 4.31 Å². The van der Waals surface area contributed by atoms with E-state index in [1.54, 1.807) is 32.9 Å². The maximum absolute atomic E-state index is 12.5. The van der Waals surface area contributed by atoms with Gasteiger partial charge in [-0.1, -0.05) is 18.8 Å². The first-order valence-electron chi connectivity index (χ1n) is 6.63. The van der Waals surface area contributed by atoms with Crippen molar-refractivity contribution in [2.24, 2.45) is 0 Å². The van der Waals surface area contributed by atoms with Gasteiger partial charge in [0.2, 0.25) is 10.0 Å². The third-order valence-corrected chi connectivity index (χ3v) is 4.65. The summed E-state index contributed by atoms with van der Waals surface area (Å²) in [5, 5.41) is 18.4. The third-order valence-electron chi connectivity index (χ3n) is 2.72. The Bertz CT molecular complexity index is 618. The first-order chi connectivity index (χ1) is 9.70. The number of benzene rings is 1. The SMILES string of the molecule is CCN(CC(C)(C)O)S(=O)(=O)c1ccc(C#CCO)cc1. The van der Waals surface area contributed by atoms with Crippen LogP contribution >= 0.6 is 0 Å². The predicted molar refractivity (Wildman–Crippen MR) is 81.1 cm³/mol. The van der Waals surface area contributed by atoms with E-state index in [0.29, 0.717) is 5.56 Å². The lowest BCUT2D eigenvalue weighted by Gasteiger charge is -2.27. The maximum atomic E-state index is 12.5. The molecule has 0 atom stereocenters. The normalized spacial score (nSPS) is 12.1. The van der Waals surface area contributed by atoms with E-state index in [2.05, 4.69) is 11.8 Å². The molecule has 0 bridgehead atoms. The molecule has 0 heterocycles. The minimum absolute atomic E-state index is 0.0257. The Kier molecular flexibility index (Phi) is 5.93. The Balaban J connectivity index is 3.06. The van der Waals surface area contributed by atoms with Gasteiger partial charge in [0.1, 0.15) is 6.61 Å². The molecule has 0 aliphatic heterocycles. The fraction of sp³-hybridized carbons (Fsp3) is 0.467. The molecule has 1 rings (SSSR count). The van der Waals surface area contributed by atoms with Crippen molar-refractivity contribution in [3.8, 4) is 11.8 Å². The summed E-state index contributed by atoms with van der Waals surface area (Å²) in [7, 11) is -3.65. The van der Waals surface area contributed by atoms with Gasteiger partial charge in [0.25, 0.3) is 0 Å². The van der Waals surface area contributed by atoms with Crippen LogP contribution in [0.25, 0.3) is 0 Å². The number of aliphatic hydroxyl groups excluding tert-OH is 1. The van der Waals surface area contributed by atoms with Crippen LogP contribution < -0.4 is 0 Å². The molecule has 0 amide bonds. The molecule has 0 unspecified atom stereocenters. The highest BCUT2D eigenvalue weighted by molar-refractivity contribution is 7.89. The summed E-state index contributed by atoms with van der Waals surface area (Å²) in [6.45, 7) is 4.92. The van der Waals surface area contributed by atoms with E-state index in [1.165, 1.54) is 16.4 Å². The van der Waals surface area contributed by atoms with Gasteiger partial charge < -0.3 is 10.2 Å². The standard InChI is InChI=1S/C15H21NO4S/c1-4-16(12-15(2,3)18)21(19,20)14-9-7-13(8-10-14)6-5-11-17/h7-10,17-18H,4,11-12H2,1-3H3. The van der Waals surface area contributed by atoms with Gasteiger partial charge in [-0.15, -0.1) is 0 Å². The molecule has 0 radical (unpaired) electrons. The molecule has 21 heavy (non-hydrogen) atoms. The Labute approximate surface area is 126 Å². The maximum Gasteiger partial charge on any atom is 0.243 e. The average molecular weight is 311 g/mol. The number of aliphatic hydroxyl groups is 2. The van der Waals surface area contributed by atoms with Crippen LogP contribution in [0.5, 0.6) is 0 Å². The smallest absolute Gasteiger partial charge is 0.243 e. The molecule has 0 aromatic heterocycles. The largest absolute Gasteiger partial charge is 0.389 e. The molecular formula is C15H21NO4S. The number of likely N-dealkylation sites (N-methyl/N-ethyl adjacent to an activating group) is 1. The molecule has 116 valence electrons. The van der Waals surface area contributed by atoms with Gasteiger partial charge in [-0.2, -0.15) is 4.31 Å². The molecular weight excluding hydrogens is 290 g/mol. The van der Waals surface area contributed by atoms with Gasteiger partial charge in [0.05, 0.1) is 10.5 Å². The molecule has 0 aliphatic carbocycles. The molecule has 0 saturated heterocycles. The van der Waals surface area contributed by atoms with Crippen LogP contribution in [0.4, 0.5) is 0 Å². The summed E-state index contributed by atoms with van der Waals surface area (Å²) in [6.07, 6.45) is 0. The summed E-state index contributed by atoms with van der Waals surface area (Å²) in [5.74, 6) is 5.21. The molecule has 0 saturated carbocycles. The lowest BCUT2D eigenvalue weighted by Crippen LogP contribution is -2.42. The minimum Gasteiger partial charge on any atom is -0.389 e. The zero-order valence-corrected chi connectivity index (χ0v) is 13.3. The van der Waals surface area contributed by atoms with Crippen LogP contribution in [0.15, 0.2) is 29.2 Å². The number of rotatable bonds is 5. The summed E-state index contributed by atoms with van der Waals surface area (Å²) in [4.78, 5) is 0.156. The lowest BCUT2D eigenvalue weighted by atomic mass is 10.1. The second kappa shape index (κ2) is 7.05. The molecule has 0 spiro atoms. The van der Waals surface area contributed by atoms with Crippen molar-refractivity contribution < 1.29 is 18.6 Å². The lowest BCUT2D eigenvalue weighted by molar-refractivity contribution is 0.0601. The van der Waals surface area contributed by atoms with E-state index in [-0.39, 0.29) is 24.6 Å². The van der Waals surface area contributed by atoms with E-state index in [0.717, 1.165) is 0 Å². The predicted octanol–water partition coefficient (Wildman–Crippen LogP) is 0.812. The molecule has 5 nitrogen and oxygen atoms in total. The van der Waals surface area contributed by atoms with Crippen molar-refractivity contribution in [3.05, 3.63) is 29.8 Å². The fourth-order valence-electron chi connectivity index (χ4n) is 1.80. The Morgan fingerprint density at radius 1 is 1.24 bits per heavy atom. The van der Waals surface area contributed by atoms with Gasteiger partial charge in [-0.3, -0.25) is 0 Å². The summed E-state index contributed by atoms with van der Waals surface area (Å²) in [5.41, 5.74) is -0.469. The zero-order chi connectivity index (χ0) is 16.1. The van der Waals surface area contributed by atoms with Crippen LogP contribution in [0.3, 0.4) is 0 Å². The molecule has 2 N–H and O–H groups in total. The minimum atomic E-state index is -3.65. The Morgan fingerprint density at radius 3 is 2.24 bits per heavy atom. The van der Waals surface area contributed by atoms with Crippen LogP contribution in [0, 0.1) is 11.8 Å². The van der Waals surface area contributed by atoms with E-state index in [9.17, 15) is 13.5 Å². The number of hydrogen-bond donors (Lipinski definition) is 2. The first-order valence-corrected chi connectivity index (χ1v) is 8.07. The van der Waals surface area contributed by atoms with Crippen molar-refractivity contribution in [2.45, 2.75) is 31.3 Å². The molecule has 1 aromatic rings. The molecule has 0 fully saturated rings. The van der Waals surface area contributed by atoms with Crippen LogP contribution in [-0.2, 0) is 10.0 Å². The summed E-state index contributed by atoms with van der Waals surface area (Å²) < 4.78 is 26.2. The van der Waals surface area contributed by atoms with E-state index in [4.69, 9.17) is 5.11 Å². The molecule has 6 heteroatoms. The number of sulfonamides is 1. The fourth-order valence-corrected chi connectivity index (χ4v) is 3.40. The van der Waals surface area contributed by atoms with Crippen molar-refractivity contribution >= 4 is 10.0 Å².